The Morgan fingerprint density at radius 3 is 2.95 bits per heavy atom. The number of carbonyl (C=O) groups excluding carboxylic acids is 1. The van der Waals surface area contributed by atoms with Crippen molar-refractivity contribution in [2.24, 2.45) is 0 Å². The summed E-state index contributed by atoms with van der Waals surface area (Å²) in [6.07, 6.45) is 0.958. The van der Waals surface area contributed by atoms with Gasteiger partial charge in [-0.2, -0.15) is 0 Å². The van der Waals surface area contributed by atoms with Crippen LogP contribution in [0.5, 0.6) is 0 Å². The van der Waals surface area contributed by atoms with E-state index in [1.807, 2.05) is 17.5 Å². The van der Waals surface area contributed by atoms with Crippen LogP contribution in [0.1, 0.15) is 17.7 Å². The van der Waals surface area contributed by atoms with Gasteiger partial charge in [-0.25, -0.2) is 4.39 Å². The average molecular weight is 308 g/mol. The Kier molecular flexibility index (Phi) is 5.71. The number of anilines is 2. The minimum absolute atomic E-state index is 0.159. The third-order valence-corrected chi connectivity index (χ3v) is 3.65. The number of nitrogens with two attached hydrogens (primary N) is 1. The minimum Gasteiger partial charge on any atom is -0.397 e. The van der Waals surface area contributed by atoms with Crippen LogP contribution < -0.4 is 11.1 Å². The fraction of sp³-hybridized carbons (Fsp3) is 0.267. The Morgan fingerprint density at radius 2 is 2.24 bits per heavy atom. The normalized spacial score (nSPS) is 10.5. The number of halogens is 1. The maximum atomic E-state index is 12.9. The zero-order valence-electron chi connectivity index (χ0n) is 11.5. The SMILES string of the molecule is Nc1cc(F)ccc1NC(=O)CCCOCc1cccs1. The van der Waals surface area contributed by atoms with Gasteiger partial charge in [-0.05, 0) is 36.1 Å². The molecule has 0 saturated heterocycles. The predicted molar refractivity (Wildman–Crippen MR) is 82.7 cm³/mol. The van der Waals surface area contributed by atoms with Gasteiger partial charge in [0.2, 0.25) is 5.91 Å². The molecule has 0 atom stereocenters. The zero-order valence-corrected chi connectivity index (χ0v) is 12.3. The number of hydrogen-bond acceptors (Lipinski definition) is 4. The second-order valence-corrected chi connectivity index (χ2v) is 5.55. The van der Waals surface area contributed by atoms with Crippen LogP contribution in [-0.2, 0) is 16.1 Å². The van der Waals surface area contributed by atoms with Gasteiger partial charge < -0.3 is 15.8 Å². The van der Waals surface area contributed by atoms with Crippen molar-refractivity contribution in [3.8, 4) is 0 Å². The van der Waals surface area contributed by atoms with Gasteiger partial charge in [-0.15, -0.1) is 11.3 Å². The van der Waals surface area contributed by atoms with Gasteiger partial charge in [-0.3, -0.25) is 4.79 Å². The van der Waals surface area contributed by atoms with Crippen LogP contribution in [-0.4, -0.2) is 12.5 Å². The molecule has 6 heteroatoms. The summed E-state index contributed by atoms with van der Waals surface area (Å²) in [5, 5.41) is 4.66. The lowest BCUT2D eigenvalue weighted by atomic mass is 10.2. The molecule has 21 heavy (non-hydrogen) atoms. The predicted octanol–water partition coefficient (Wildman–Crippen LogP) is 3.40. The van der Waals surface area contributed by atoms with Crippen LogP contribution >= 0.6 is 11.3 Å². The maximum absolute atomic E-state index is 12.9. The van der Waals surface area contributed by atoms with Crippen LogP contribution in [0, 0.1) is 5.82 Å². The fourth-order valence-electron chi connectivity index (χ4n) is 1.76. The Bertz CT molecular complexity index is 587. The molecule has 0 saturated carbocycles. The lowest BCUT2D eigenvalue weighted by Gasteiger charge is -2.08. The average Bonchev–Trinajstić information content (AvgIpc) is 2.95. The highest BCUT2D eigenvalue weighted by Crippen LogP contribution is 2.19. The molecular weight excluding hydrogens is 291 g/mol. The number of benzene rings is 1. The highest BCUT2D eigenvalue weighted by molar-refractivity contribution is 7.09. The molecule has 0 radical (unpaired) electrons. The number of thiophene rings is 1. The maximum Gasteiger partial charge on any atom is 0.224 e. The molecule has 0 aliphatic rings. The number of rotatable bonds is 7. The largest absolute Gasteiger partial charge is 0.397 e. The topological polar surface area (TPSA) is 64.3 Å². The summed E-state index contributed by atoms with van der Waals surface area (Å²) >= 11 is 1.64. The molecule has 2 aromatic rings. The molecule has 0 unspecified atom stereocenters. The van der Waals surface area contributed by atoms with Gasteiger partial charge in [0, 0.05) is 17.9 Å². The van der Waals surface area contributed by atoms with Crippen LogP contribution in [0.4, 0.5) is 15.8 Å². The van der Waals surface area contributed by atoms with Crippen LogP contribution in [0.15, 0.2) is 35.7 Å². The lowest BCUT2D eigenvalue weighted by molar-refractivity contribution is -0.116. The van der Waals surface area contributed by atoms with Gasteiger partial charge in [-0.1, -0.05) is 6.07 Å². The Labute approximate surface area is 126 Å². The van der Waals surface area contributed by atoms with Crippen molar-refractivity contribution >= 4 is 28.6 Å². The van der Waals surface area contributed by atoms with Gasteiger partial charge in [0.05, 0.1) is 18.0 Å². The molecule has 2 rings (SSSR count). The van der Waals surface area contributed by atoms with Crippen LogP contribution in [0.25, 0.3) is 0 Å². The summed E-state index contributed by atoms with van der Waals surface area (Å²) in [6, 6.07) is 7.88. The first-order chi connectivity index (χ1) is 10.1. The fourth-order valence-corrected chi connectivity index (χ4v) is 2.40. The van der Waals surface area contributed by atoms with E-state index in [-0.39, 0.29) is 11.6 Å². The number of hydrogen-bond donors (Lipinski definition) is 2. The van der Waals surface area contributed by atoms with Gasteiger partial charge in [0.15, 0.2) is 0 Å². The van der Waals surface area contributed by atoms with E-state index in [9.17, 15) is 9.18 Å². The van der Waals surface area contributed by atoms with E-state index in [1.54, 1.807) is 11.3 Å². The van der Waals surface area contributed by atoms with Crippen LogP contribution in [0.2, 0.25) is 0 Å². The van der Waals surface area contributed by atoms with E-state index < -0.39 is 5.82 Å². The zero-order chi connectivity index (χ0) is 15.1. The smallest absolute Gasteiger partial charge is 0.224 e. The molecule has 1 aromatic carbocycles. The molecule has 0 bridgehead atoms. The van der Waals surface area contributed by atoms with Crippen molar-refractivity contribution in [3.05, 3.63) is 46.4 Å². The standard InChI is InChI=1S/C15H17FN2O2S/c16-11-5-6-14(13(17)9-11)18-15(19)4-1-7-20-10-12-3-2-8-21-12/h2-3,5-6,8-9H,1,4,7,10,17H2,(H,18,19). The number of nitrogens with one attached hydrogen (secondary N) is 1. The molecule has 0 aliphatic carbocycles. The summed E-state index contributed by atoms with van der Waals surface area (Å²) < 4.78 is 18.4. The monoisotopic (exact) mass is 308 g/mol. The summed E-state index contributed by atoms with van der Waals surface area (Å²) in [5.74, 6) is -0.583. The number of ether oxygens (including phenoxy) is 1. The molecule has 3 N–H and O–H groups in total. The number of amides is 1. The van der Waals surface area contributed by atoms with Crippen molar-refractivity contribution in [3.63, 3.8) is 0 Å². The molecule has 112 valence electrons. The van der Waals surface area contributed by atoms with Crippen LogP contribution in [0.3, 0.4) is 0 Å². The summed E-state index contributed by atoms with van der Waals surface area (Å²) in [7, 11) is 0. The second kappa shape index (κ2) is 7.75. The van der Waals surface area contributed by atoms with Crippen molar-refractivity contribution < 1.29 is 13.9 Å². The van der Waals surface area contributed by atoms with Gasteiger partial charge in [0.25, 0.3) is 0 Å². The molecule has 0 fully saturated rings. The van der Waals surface area contributed by atoms with Crippen molar-refractivity contribution in [2.75, 3.05) is 17.7 Å². The number of nitrogen functional groups attached to an aromatic ring is 1. The first-order valence-electron chi connectivity index (χ1n) is 6.60. The van der Waals surface area contributed by atoms with E-state index >= 15 is 0 Å². The molecule has 1 aromatic heterocycles. The first kappa shape index (κ1) is 15.5. The highest BCUT2D eigenvalue weighted by atomic mass is 32.1. The van der Waals surface area contributed by atoms with E-state index in [4.69, 9.17) is 10.5 Å². The van der Waals surface area contributed by atoms with Crippen molar-refractivity contribution in [1.82, 2.24) is 0 Å². The lowest BCUT2D eigenvalue weighted by Crippen LogP contribution is -2.13. The quantitative estimate of drug-likeness (QED) is 0.608. The first-order valence-corrected chi connectivity index (χ1v) is 7.48. The second-order valence-electron chi connectivity index (χ2n) is 4.52. The summed E-state index contributed by atoms with van der Waals surface area (Å²) in [6.45, 7) is 1.09. The minimum atomic E-state index is -0.424. The van der Waals surface area contributed by atoms with Crippen molar-refractivity contribution in [1.29, 1.82) is 0 Å². The molecular formula is C15H17FN2O2S. The Hall–Kier alpha value is -1.92. The molecule has 1 amide bonds. The van der Waals surface area contributed by atoms with E-state index in [0.29, 0.717) is 31.7 Å². The Morgan fingerprint density at radius 1 is 1.38 bits per heavy atom. The summed E-state index contributed by atoms with van der Waals surface area (Å²) in [5.41, 5.74) is 6.27. The number of carbonyl (C=O) groups is 1. The third-order valence-electron chi connectivity index (χ3n) is 2.80. The molecule has 0 aliphatic heterocycles. The molecule has 0 spiro atoms. The summed E-state index contributed by atoms with van der Waals surface area (Å²) in [4.78, 5) is 12.9. The van der Waals surface area contributed by atoms with Crippen molar-refractivity contribution in [2.45, 2.75) is 19.4 Å². The third kappa shape index (κ3) is 5.17. The highest BCUT2D eigenvalue weighted by Gasteiger charge is 2.06. The molecule has 4 nitrogen and oxygen atoms in total. The van der Waals surface area contributed by atoms with E-state index in [2.05, 4.69) is 5.32 Å². The van der Waals surface area contributed by atoms with E-state index in [0.717, 1.165) is 0 Å². The molecule has 1 heterocycles. The van der Waals surface area contributed by atoms with E-state index in [1.165, 1.54) is 23.1 Å². The van der Waals surface area contributed by atoms with Gasteiger partial charge in [0.1, 0.15) is 5.82 Å². The Balaban J connectivity index is 1.65. The van der Waals surface area contributed by atoms with Gasteiger partial charge >= 0.3 is 0 Å².